The summed E-state index contributed by atoms with van der Waals surface area (Å²) in [5, 5.41) is 0. The lowest BCUT2D eigenvalue weighted by atomic mass is 10.0. The minimum atomic E-state index is -0.153. The SMILES string of the molecule is C=CC(=O)CC(=O)CCCCCCCCCCCCCCCCCCCCCCCCCCCCCCCCCCCCCC(=O)CC(=O)C=C. The van der Waals surface area contributed by atoms with E-state index in [1.54, 1.807) is 0 Å². The molecule has 0 radical (unpaired) electrons. The van der Waals surface area contributed by atoms with Crippen LogP contribution in [0.25, 0.3) is 0 Å². The van der Waals surface area contributed by atoms with Crippen molar-refractivity contribution >= 4 is 23.1 Å². The molecule has 0 fully saturated rings. The van der Waals surface area contributed by atoms with Gasteiger partial charge in [-0.05, 0) is 25.0 Å². The smallest absolute Gasteiger partial charge is 0.162 e. The van der Waals surface area contributed by atoms with Gasteiger partial charge in [0, 0.05) is 12.8 Å². The monoisotopic (exact) mass is 713 g/mol. The van der Waals surface area contributed by atoms with Crippen LogP contribution in [0.1, 0.15) is 250 Å². The minimum absolute atomic E-state index is 0.0376. The van der Waals surface area contributed by atoms with Crippen LogP contribution in [0.3, 0.4) is 0 Å². The molecule has 0 bridgehead atoms. The molecule has 0 aromatic carbocycles. The predicted molar refractivity (Wildman–Crippen MR) is 220 cm³/mol. The first-order chi connectivity index (χ1) is 25.0. The van der Waals surface area contributed by atoms with Gasteiger partial charge in [-0.25, -0.2) is 0 Å². The molecular formula is C47H84O4. The molecule has 0 aromatic heterocycles. The van der Waals surface area contributed by atoms with Crippen LogP contribution in [0.5, 0.6) is 0 Å². The second-order valence-electron chi connectivity index (χ2n) is 15.6. The van der Waals surface area contributed by atoms with Gasteiger partial charge < -0.3 is 0 Å². The fraction of sp³-hybridized carbons (Fsp3) is 0.830. The Morgan fingerprint density at radius 3 is 0.529 bits per heavy atom. The normalized spacial score (nSPS) is 11.1. The molecule has 296 valence electrons. The highest BCUT2D eigenvalue weighted by atomic mass is 16.2. The Hall–Kier alpha value is -1.84. The lowest BCUT2D eigenvalue weighted by Gasteiger charge is -2.05. The number of unbranched alkanes of at least 4 members (excludes halogenated alkanes) is 34. The van der Waals surface area contributed by atoms with Crippen molar-refractivity contribution in [2.45, 2.75) is 250 Å². The van der Waals surface area contributed by atoms with E-state index in [1.165, 1.54) is 211 Å². The Labute approximate surface area is 317 Å². The Morgan fingerprint density at radius 2 is 0.392 bits per heavy atom. The number of hydrogen-bond donors (Lipinski definition) is 0. The Kier molecular flexibility index (Phi) is 39.4. The molecule has 0 spiro atoms. The average molecular weight is 713 g/mol. The van der Waals surface area contributed by atoms with Gasteiger partial charge in [0.25, 0.3) is 0 Å². The molecule has 0 aliphatic rings. The van der Waals surface area contributed by atoms with E-state index in [4.69, 9.17) is 0 Å². The third kappa shape index (κ3) is 40.8. The van der Waals surface area contributed by atoms with Gasteiger partial charge in [0.05, 0.1) is 12.8 Å². The molecular weight excluding hydrogens is 629 g/mol. The highest BCUT2D eigenvalue weighted by molar-refractivity contribution is 6.04. The summed E-state index contributed by atoms with van der Waals surface area (Å²) in [6.45, 7) is 6.84. The van der Waals surface area contributed by atoms with Crippen molar-refractivity contribution < 1.29 is 19.2 Å². The Balaban J connectivity index is 3.13. The van der Waals surface area contributed by atoms with Crippen LogP contribution in [0.15, 0.2) is 25.3 Å². The molecule has 0 aliphatic heterocycles. The molecule has 0 heterocycles. The summed E-state index contributed by atoms with van der Waals surface area (Å²) < 4.78 is 0. The van der Waals surface area contributed by atoms with E-state index in [0.29, 0.717) is 12.8 Å². The van der Waals surface area contributed by atoms with Crippen molar-refractivity contribution in [2.75, 3.05) is 0 Å². The van der Waals surface area contributed by atoms with Crippen LogP contribution in [0.4, 0.5) is 0 Å². The first-order valence-corrected chi connectivity index (χ1v) is 22.3. The number of carbonyl (C=O) groups is 4. The van der Waals surface area contributed by atoms with E-state index >= 15 is 0 Å². The number of rotatable bonds is 44. The summed E-state index contributed by atoms with van der Waals surface area (Å²) >= 11 is 0. The molecule has 51 heavy (non-hydrogen) atoms. The number of carbonyl (C=O) groups excluding carboxylic acids is 4. The minimum Gasteiger partial charge on any atom is -0.299 e. The van der Waals surface area contributed by atoms with Crippen molar-refractivity contribution in [3.8, 4) is 0 Å². The lowest BCUT2D eigenvalue weighted by molar-refractivity contribution is -0.126. The highest BCUT2D eigenvalue weighted by Crippen LogP contribution is 2.17. The number of hydrogen-bond acceptors (Lipinski definition) is 4. The van der Waals surface area contributed by atoms with Gasteiger partial charge in [-0.1, -0.05) is 225 Å². The van der Waals surface area contributed by atoms with E-state index in [2.05, 4.69) is 13.2 Å². The van der Waals surface area contributed by atoms with E-state index < -0.39 is 0 Å². The maximum atomic E-state index is 11.6. The van der Waals surface area contributed by atoms with Crippen LogP contribution in [-0.2, 0) is 19.2 Å². The summed E-state index contributed by atoms with van der Waals surface area (Å²) in [5.41, 5.74) is 0. The fourth-order valence-electron chi connectivity index (χ4n) is 7.19. The molecule has 0 aliphatic carbocycles. The van der Waals surface area contributed by atoms with Crippen molar-refractivity contribution in [1.82, 2.24) is 0 Å². The summed E-state index contributed by atoms with van der Waals surface area (Å²) in [5.74, 6) is -0.179. The zero-order chi connectivity index (χ0) is 37.3. The molecule has 0 N–H and O–H groups in total. The Morgan fingerprint density at radius 1 is 0.255 bits per heavy atom. The molecule has 0 saturated carbocycles. The van der Waals surface area contributed by atoms with E-state index in [1.807, 2.05) is 0 Å². The van der Waals surface area contributed by atoms with Gasteiger partial charge in [0.2, 0.25) is 0 Å². The number of allylic oxidation sites excluding steroid dienone is 2. The van der Waals surface area contributed by atoms with E-state index in [-0.39, 0.29) is 36.0 Å². The molecule has 0 atom stereocenters. The maximum absolute atomic E-state index is 11.6. The summed E-state index contributed by atoms with van der Waals surface area (Å²) in [6.07, 6.45) is 50.9. The fourth-order valence-corrected chi connectivity index (χ4v) is 7.19. The van der Waals surface area contributed by atoms with Crippen molar-refractivity contribution in [2.24, 2.45) is 0 Å². The maximum Gasteiger partial charge on any atom is 0.162 e. The highest BCUT2D eigenvalue weighted by Gasteiger charge is 2.07. The molecule has 0 aromatic rings. The first-order valence-electron chi connectivity index (χ1n) is 22.3. The lowest BCUT2D eigenvalue weighted by Crippen LogP contribution is -2.04. The standard InChI is InChI=1S/C47H84O4/c1-3-44(48)42-46(50)40-38-36-34-32-30-28-26-24-22-20-18-16-14-12-10-8-6-5-7-9-11-13-15-17-19-21-23-25-27-29-31-33-35-37-39-41-47(51)43-45(49)4-2/h3-4H,1-2,5-43H2. The van der Waals surface area contributed by atoms with E-state index in [0.717, 1.165) is 25.7 Å². The van der Waals surface area contributed by atoms with Crippen LogP contribution in [0.2, 0.25) is 0 Å². The summed E-state index contributed by atoms with van der Waals surface area (Å²) in [6, 6.07) is 0. The number of ketones is 4. The average Bonchev–Trinajstić information content (AvgIpc) is 3.12. The van der Waals surface area contributed by atoms with Crippen molar-refractivity contribution in [1.29, 1.82) is 0 Å². The zero-order valence-electron chi connectivity index (χ0n) is 33.8. The van der Waals surface area contributed by atoms with Gasteiger partial charge in [-0.2, -0.15) is 0 Å². The topological polar surface area (TPSA) is 68.3 Å². The molecule has 4 nitrogen and oxygen atoms in total. The van der Waals surface area contributed by atoms with Crippen LogP contribution >= 0.6 is 0 Å². The van der Waals surface area contributed by atoms with Gasteiger partial charge in [0.1, 0.15) is 11.6 Å². The predicted octanol–water partition coefficient (Wildman–Crippen LogP) is 14.8. The zero-order valence-corrected chi connectivity index (χ0v) is 33.8. The van der Waals surface area contributed by atoms with E-state index in [9.17, 15) is 19.2 Å². The van der Waals surface area contributed by atoms with Gasteiger partial charge >= 0.3 is 0 Å². The van der Waals surface area contributed by atoms with Crippen LogP contribution < -0.4 is 0 Å². The molecule has 0 rings (SSSR count). The first kappa shape index (κ1) is 49.2. The summed E-state index contributed by atoms with van der Waals surface area (Å²) in [7, 11) is 0. The summed E-state index contributed by atoms with van der Waals surface area (Å²) in [4.78, 5) is 45.6. The molecule has 4 heteroatoms. The third-order valence-electron chi connectivity index (χ3n) is 10.6. The second kappa shape index (κ2) is 40.9. The van der Waals surface area contributed by atoms with Gasteiger partial charge in [-0.15, -0.1) is 0 Å². The molecule has 0 amide bonds. The van der Waals surface area contributed by atoms with Gasteiger partial charge in [-0.3, -0.25) is 19.2 Å². The second-order valence-corrected chi connectivity index (χ2v) is 15.6. The van der Waals surface area contributed by atoms with Crippen molar-refractivity contribution in [3.05, 3.63) is 25.3 Å². The largest absolute Gasteiger partial charge is 0.299 e. The third-order valence-corrected chi connectivity index (χ3v) is 10.6. The number of Topliss-reactive ketones (excluding diaryl/α,β-unsaturated/α-hetero) is 2. The van der Waals surface area contributed by atoms with Crippen molar-refractivity contribution in [3.63, 3.8) is 0 Å². The Bertz CT molecular complexity index is 775. The van der Waals surface area contributed by atoms with Gasteiger partial charge in [0.15, 0.2) is 11.6 Å². The van der Waals surface area contributed by atoms with Crippen LogP contribution in [-0.4, -0.2) is 23.1 Å². The molecule has 0 unspecified atom stereocenters. The van der Waals surface area contributed by atoms with Crippen LogP contribution in [0, 0.1) is 0 Å². The quantitative estimate of drug-likeness (QED) is 0.0358. The molecule has 0 saturated heterocycles.